The van der Waals surface area contributed by atoms with Crippen molar-refractivity contribution in [3.05, 3.63) is 29.3 Å². The molecule has 1 saturated carbocycles. The molecule has 0 bridgehead atoms. The maximum Gasteiger partial charge on any atom is 0.134 e. The number of methoxy groups -OCH3 is 1. The Morgan fingerprint density at radius 1 is 1.33 bits per heavy atom. The van der Waals surface area contributed by atoms with Gasteiger partial charge in [-0.3, -0.25) is 0 Å². The zero-order valence-electron chi connectivity index (χ0n) is 8.18. The zero-order valence-corrected chi connectivity index (χ0v) is 8.18. The Balaban J connectivity index is 2.54. The number of nitriles is 1. The molecule has 15 heavy (non-hydrogen) atoms. The second-order valence-corrected chi connectivity index (χ2v) is 3.66. The van der Waals surface area contributed by atoms with Gasteiger partial charge in [-0.05, 0) is 12.8 Å². The molecular weight excluding hydrogens is 200 g/mol. The molecule has 0 aliphatic heterocycles. The van der Waals surface area contributed by atoms with Crippen molar-refractivity contribution in [3.63, 3.8) is 0 Å². The lowest BCUT2D eigenvalue weighted by Gasteiger charge is -2.10. The van der Waals surface area contributed by atoms with Crippen molar-refractivity contribution < 1.29 is 13.5 Å². The maximum absolute atomic E-state index is 13.5. The molecule has 0 unspecified atom stereocenters. The number of ether oxygens (including phenoxy) is 1. The van der Waals surface area contributed by atoms with Gasteiger partial charge >= 0.3 is 0 Å². The average molecular weight is 209 g/mol. The van der Waals surface area contributed by atoms with Gasteiger partial charge in [0.2, 0.25) is 0 Å². The molecule has 0 atom stereocenters. The lowest BCUT2D eigenvalue weighted by atomic mass is 9.96. The minimum Gasteiger partial charge on any atom is -0.497 e. The van der Waals surface area contributed by atoms with Crippen LogP contribution in [0, 0.1) is 23.0 Å². The Kier molecular flexibility index (Phi) is 2.11. The van der Waals surface area contributed by atoms with Gasteiger partial charge in [-0.15, -0.1) is 0 Å². The Labute approximate surface area is 86.1 Å². The molecular formula is C11H9F2NO. The molecule has 0 heterocycles. The first-order chi connectivity index (χ1) is 7.13. The smallest absolute Gasteiger partial charge is 0.134 e. The number of benzene rings is 1. The van der Waals surface area contributed by atoms with E-state index in [4.69, 9.17) is 10.00 Å². The van der Waals surface area contributed by atoms with Gasteiger partial charge < -0.3 is 4.74 Å². The monoisotopic (exact) mass is 209 g/mol. The van der Waals surface area contributed by atoms with Gasteiger partial charge in [0.25, 0.3) is 0 Å². The van der Waals surface area contributed by atoms with Gasteiger partial charge in [-0.25, -0.2) is 8.78 Å². The molecule has 0 N–H and O–H groups in total. The van der Waals surface area contributed by atoms with Gasteiger partial charge in [0.05, 0.1) is 18.6 Å². The maximum atomic E-state index is 13.5. The summed E-state index contributed by atoms with van der Waals surface area (Å²) in [6.07, 6.45) is 1.04. The van der Waals surface area contributed by atoms with Gasteiger partial charge in [-0.1, -0.05) is 0 Å². The largest absolute Gasteiger partial charge is 0.497 e. The van der Waals surface area contributed by atoms with E-state index < -0.39 is 17.0 Å². The van der Waals surface area contributed by atoms with E-state index in [1.807, 2.05) is 6.07 Å². The Morgan fingerprint density at radius 2 is 1.87 bits per heavy atom. The predicted molar refractivity (Wildman–Crippen MR) is 49.4 cm³/mol. The highest BCUT2D eigenvalue weighted by molar-refractivity contribution is 5.43. The third-order valence-electron chi connectivity index (χ3n) is 2.69. The van der Waals surface area contributed by atoms with E-state index in [1.54, 1.807) is 0 Å². The summed E-state index contributed by atoms with van der Waals surface area (Å²) in [5.74, 6) is -1.28. The standard InChI is InChI=1S/C11H9F2NO/c1-15-7-4-8(12)10(9(13)5-7)11(6-14)2-3-11/h4-5H,2-3H2,1H3. The molecule has 0 spiro atoms. The first-order valence-electron chi connectivity index (χ1n) is 4.58. The molecule has 1 aromatic rings. The molecule has 1 aliphatic carbocycles. The van der Waals surface area contributed by atoms with Crippen molar-refractivity contribution in [2.75, 3.05) is 7.11 Å². The lowest BCUT2D eigenvalue weighted by molar-refractivity contribution is 0.404. The van der Waals surface area contributed by atoms with Crippen LogP contribution in [0.4, 0.5) is 8.78 Å². The van der Waals surface area contributed by atoms with Crippen molar-refractivity contribution in [1.82, 2.24) is 0 Å². The van der Waals surface area contributed by atoms with Crippen molar-refractivity contribution in [3.8, 4) is 11.8 Å². The summed E-state index contributed by atoms with van der Waals surface area (Å²) < 4.78 is 31.8. The van der Waals surface area contributed by atoms with Crippen molar-refractivity contribution in [2.24, 2.45) is 0 Å². The van der Waals surface area contributed by atoms with Crippen LogP contribution in [0.15, 0.2) is 12.1 Å². The summed E-state index contributed by atoms with van der Waals surface area (Å²) in [5, 5.41) is 8.87. The van der Waals surface area contributed by atoms with Crippen LogP contribution in [-0.2, 0) is 5.41 Å². The van der Waals surface area contributed by atoms with Crippen LogP contribution in [0.2, 0.25) is 0 Å². The van der Waals surface area contributed by atoms with Gasteiger partial charge in [-0.2, -0.15) is 5.26 Å². The van der Waals surface area contributed by atoms with E-state index in [2.05, 4.69) is 0 Å². The molecule has 1 aromatic carbocycles. The second kappa shape index (κ2) is 3.20. The number of halogens is 2. The highest BCUT2D eigenvalue weighted by Crippen LogP contribution is 2.49. The summed E-state index contributed by atoms with van der Waals surface area (Å²) in [6, 6.07) is 4.18. The van der Waals surface area contributed by atoms with Crippen LogP contribution >= 0.6 is 0 Å². The van der Waals surface area contributed by atoms with Crippen LogP contribution in [0.5, 0.6) is 5.75 Å². The third kappa shape index (κ3) is 1.44. The zero-order chi connectivity index (χ0) is 11.1. The number of hydrogen-bond acceptors (Lipinski definition) is 2. The van der Waals surface area contributed by atoms with E-state index >= 15 is 0 Å². The highest BCUT2D eigenvalue weighted by atomic mass is 19.1. The first-order valence-corrected chi connectivity index (χ1v) is 4.58. The van der Waals surface area contributed by atoms with Gasteiger partial charge in [0, 0.05) is 17.7 Å². The number of hydrogen-bond donors (Lipinski definition) is 0. The molecule has 4 heteroatoms. The fourth-order valence-corrected chi connectivity index (χ4v) is 1.67. The molecule has 0 aromatic heterocycles. The van der Waals surface area contributed by atoms with E-state index in [0.29, 0.717) is 12.8 Å². The Morgan fingerprint density at radius 3 is 2.20 bits per heavy atom. The molecule has 2 nitrogen and oxygen atoms in total. The van der Waals surface area contributed by atoms with Gasteiger partial charge in [0.1, 0.15) is 17.4 Å². The van der Waals surface area contributed by atoms with Crippen molar-refractivity contribution >= 4 is 0 Å². The normalized spacial score (nSPS) is 16.9. The number of rotatable bonds is 2. The molecule has 0 radical (unpaired) electrons. The molecule has 2 rings (SSSR count). The topological polar surface area (TPSA) is 33.0 Å². The van der Waals surface area contributed by atoms with Crippen LogP contribution in [0.1, 0.15) is 18.4 Å². The van der Waals surface area contributed by atoms with E-state index in [0.717, 1.165) is 12.1 Å². The summed E-state index contributed by atoms with van der Waals surface area (Å²) in [7, 11) is 1.34. The first kappa shape index (κ1) is 9.91. The van der Waals surface area contributed by atoms with Crippen molar-refractivity contribution in [2.45, 2.75) is 18.3 Å². The molecule has 0 saturated heterocycles. The fraction of sp³-hybridized carbons (Fsp3) is 0.364. The lowest BCUT2D eigenvalue weighted by Crippen LogP contribution is -2.09. The van der Waals surface area contributed by atoms with E-state index in [1.165, 1.54) is 7.11 Å². The predicted octanol–water partition coefficient (Wildman–Crippen LogP) is 2.53. The van der Waals surface area contributed by atoms with Crippen molar-refractivity contribution in [1.29, 1.82) is 5.26 Å². The third-order valence-corrected chi connectivity index (χ3v) is 2.69. The molecule has 1 aliphatic rings. The summed E-state index contributed by atoms with van der Waals surface area (Å²) >= 11 is 0. The fourth-order valence-electron chi connectivity index (χ4n) is 1.67. The molecule has 1 fully saturated rings. The number of nitrogens with zero attached hydrogens (tertiary/aromatic N) is 1. The highest BCUT2D eigenvalue weighted by Gasteiger charge is 2.48. The van der Waals surface area contributed by atoms with Crippen LogP contribution in [-0.4, -0.2) is 7.11 Å². The Bertz CT molecular complexity index is 423. The van der Waals surface area contributed by atoms with E-state index in [9.17, 15) is 8.78 Å². The van der Waals surface area contributed by atoms with Gasteiger partial charge in [0.15, 0.2) is 0 Å². The quantitative estimate of drug-likeness (QED) is 0.749. The van der Waals surface area contributed by atoms with E-state index in [-0.39, 0.29) is 11.3 Å². The molecule has 0 amide bonds. The van der Waals surface area contributed by atoms with Crippen LogP contribution in [0.25, 0.3) is 0 Å². The minimum absolute atomic E-state index is 0.120. The summed E-state index contributed by atoms with van der Waals surface area (Å²) in [5.41, 5.74) is -1.06. The Hall–Kier alpha value is -1.63. The molecule has 78 valence electrons. The SMILES string of the molecule is COc1cc(F)c(C2(C#N)CC2)c(F)c1. The summed E-state index contributed by atoms with van der Waals surface area (Å²) in [4.78, 5) is 0. The average Bonchev–Trinajstić information content (AvgIpc) is 2.97. The van der Waals surface area contributed by atoms with Crippen LogP contribution in [0.3, 0.4) is 0 Å². The second-order valence-electron chi connectivity index (χ2n) is 3.66. The summed E-state index contributed by atoms with van der Waals surface area (Å²) in [6.45, 7) is 0. The van der Waals surface area contributed by atoms with Crippen LogP contribution < -0.4 is 4.74 Å². The minimum atomic E-state index is -0.944.